The Hall–Kier alpha value is -1.39. The van der Waals surface area contributed by atoms with Crippen molar-refractivity contribution in [2.75, 3.05) is 13.1 Å². The number of rotatable bonds is 2. The summed E-state index contributed by atoms with van der Waals surface area (Å²) in [6, 6.07) is 5.47. The van der Waals surface area contributed by atoms with Crippen molar-refractivity contribution in [3.63, 3.8) is 0 Å². The summed E-state index contributed by atoms with van der Waals surface area (Å²) < 4.78 is 16.1. The van der Waals surface area contributed by atoms with Crippen molar-refractivity contribution in [2.45, 2.75) is 19.3 Å². The van der Waals surface area contributed by atoms with Gasteiger partial charge in [0.25, 0.3) is 0 Å². The average molecular weight is 308 g/mol. The molecule has 0 aliphatic carbocycles. The number of aryl methyl sites for hydroxylation is 1. The van der Waals surface area contributed by atoms with Gasteiger partial charge in [0, 0.05) is 19.2 Å². The second-order valence-corrected chi connectivity index (χ2v) is 6.19. The topological polar surface area (TPSA) is 29.9 Å². The third-order valence-electron chi connectivity index (χ3n) is 4.40. The Morgan fingerprint density at radius 3 is 2.86 bits per heavy atom. The van der Waals surface area contributed by atoms with E-state index in [4.69, 9.17) is 11.6 Å². The highest BCUT2D eigenvalue weighted by Crippen LogP contribution is 2.34. The molecule has 1 aliphatic heterocycles. The normalized spacial score (nSPS) is 22.5. The van der Waals surface area contributed by atoms with Gasteiger partial charge in [-0.1, -0.05) is 24.6 Å². The molecule has 1 fully saturated rings. The molecular weight excluding hydrogens is 289 g/mol. The van der Waals surface area contributed by atoms with Crippen LogP contribution in [0.4, 0.5) is 4.39 Å². The molecular formula is C16H19ClFN3. The second kappa shape index (κ2) is 5.78. The summed E-state index contributed by atoms with van der Waals surface area (Å²) >= 11 is 6.10. The van der Waals surface area contributed by atoms with Gasteiger partial charge in [-0.05, 0) is 42.5 Å². The molecule has 0 radical (unpaired) electrons. The number of piperidine rings is 1. The van der Waals surface area contributed by atoms with Gasteiger partial charge in [-0.15, -0.1) is 0 Å². The van der Waals surface area contributed by atoms with Crippen molar-refractivity contribution in [3.8, 4) is 11.3 Å². The Kier molecular flexibility index (Phi) is 4.00. The fourth-order valence-electron chi connectivity index (χ4n) is 3.10. The molecule has 0 spiro atoms. The monoisotopic (exact) mass is 307 g/mol. The Labute approximate surface area is 129 Å². The van der Waals surface area contributed by atoms with E-state index < -0.39 is 0 Å². The smallest absolute Gasteiger partial charge is 0.132 e. The summed E-state index contributed by atoms with van der Waals surface area (Å²) in [5, 5.41) is 7.92. The zero-order valence-corrected chi connectivity index (χ0v) is 13.0. The van der Waals surface area contributed by atoms with Gasteiger partial charge in [0.1, 0.15) is 5.82 Å². The van der Waals surface area contributed by atoms with Gasteiger partial charge in [0.2, 0.25) is 0 Å². The standard InChI is InChI=1S/C16H19ClFN3/c1-10-5-6-19-8-13(10)11-3-4-12(15(18)7-11)16-14(17)9-20-21(16)2/h3-4,7,9-10,13,19H,5-6,8H2,1-2H3/t10-,13?/m1/s1. The third kappa shape index (κ3) is 2.70. The number of halogens is 2. The highest BCUT2D eigenvalue weighted by atomic mass is 35.5. The molecule has 1 unspecified atom stereocenters. The van der Waals surface area contributed by atoms with Crippen LogP contribution in [0.15, 0.2) is 24.4 Å². The summed E-state index contributed by atoms with van der Waals surface area (Å²) in [6.45, 7) is 4.19. The Balaban J connectivity index is 1.97. The van der Waals surface area contributed by atoms with Crippen LogP contribution < -0.4 is 5.32 Å². The van der Waals surface area contributed by atoms with Gasteiger partial charge in [0.15, 0.2) is 0 Å². The third-order valence-corrected chi connectivity index (χ3v) is 4.67. The van der Waals surface area contributed by atoms with E-state index in [2.05, 4.69) is 17.3 Å². The molecule has 1 aromatic heterocycles. The summed E-state index contributed by atoms with van der Waals surface area (Å²) in [4.78, 5) is 0. The average Bonchev–Trinajstić information content (AvgIpc) is 2.79. The Bertz CT molecular complexity index is 633. The van der Waals surface area contributed by atoms with Crippen LogP contribution in [0.1, 0.15) is 24.8 Å². The second-order valence-electron chi connectivity index (χ2n) is 5.78. The molecule has 2 aromatic rings. The van der Waals surface area contributed by atoms with Gasteiger partial charge < -0.3 is 5.32 Å². The van der Waals surface area contributed by atoms with Crippen LogP contribution >= 0.6 is 11.6 Å². The summed E-state index contributed by atoms with van der Waals surface area (Å²) in [7, 11) is 1.77. The quantitative estimate of drug-likeness (QED) is 0.919. The first kappa shape index (κ1) is 14.5. The molecule has 1 aliphatic rings. The number of hydrogen-bond donors (Lipinski definition) is 1. The minimum absolute atomic E-state index is 0.240. The molecule has 2 heterocycles. The van der Waals surface area contributed by atoms with E-state index in [1.165, 1.54) is 6.20 Å². The minimum atomic E-state index is -0.240. The van der Waals surface area contributed by atoms with Crippen molar-refractivity contribution in [3.05, 3.63) is 40.8 Å². The van der Waals surface area contributed by atoms with Crippen LogP contribution in [0.3, 0.4) is 0 Å². The van der Waals surface area contributed by atoms with E-state index in [1.54, 1.807) is 17.8 Å². The van der Waals surface area contributed by atoms with Gasteiger partial charge in [-0.2, -0.15) is 5.10 Å². The number of nitrogens with one attached hydrogen (secondary N) is 1. The molecule has 3 rings (SSSR count). The van der Waals surface area contributed by atoms with Crippen molar-refractivity contribution >= 4 is 11.6 Å². The number of benzene rings is 1. The summed E-state index contributed by atoms with van der Waals surface area (Å²) in [5.74, 6) is 0.692. The molecule has 112 valence electrons. The highest BCUT2D eigenvalue weighted by molar-refractivity contribution is 6.33. The molecule has 0 bridgehead atoms. The first-order valence-electron chi connectivity index (χ1n) is 7.26. The SMILES string of the molecule is C[C@@H]1CCNCC1c1ccc(-c2c(Cl)cnn2C)c(F)c1. The van der Waals surface area contributed by atoms with Crippen LogP contribution in [-0.4, -0.2) is 22.9 Å². The van der Waals surface area contributed by atoms with E-state index in [0.29, 0.717) is 28.1 Å². The zero-order chi connectivity index (χ0) is 15.0. The first-order valence-corrected chi connectivity index (χ1v) is 7.63. The van der Waals surface area contributed by atoms with Crippen molar-refractivity contribution < 1.29 is 4.39 Å². The van der Waals surface area contributed by atoms with Gasteiger partial charge in [0.05, 0.1) is 16.9 Å². The molecule has 1 saturated heterocycles. The van der Waals surface area contributed by atoms with E-state index in [9.17, 15) is 4.39 Å². The molecule has 5 heteroatoms. The predicted molar refractivity (Wildman–Crippen MR) is 83.0 cm³/mol. The lowest BCUT2D eigenvalue weighted by Crippen LogP contribution is -2.33. The molecule has 0 amide bonds. The van der Waals surface area contributed by atoms with Crippen LogP contribution in [0.2, 0.25) is 5.02 Å². The molecule has 1 aromatic carbocycles. The van der Waals surface area contributed by atoms with E-state index >= 15 is 0 Å². The number of hydrogen-bond acceptors (Lipinski definition) is 2. The van der Waals surface area contributed by atoms with E-state index in [0.717, 1.165) is 25.1 Å². The van der Waals surface area contributed by atoms with E-state index in [-0.39, 0.29) is 5.82 Å². The number of nitrogens with zero attached hydrogens (tertiary/aromatic N) is 2. The molecule has 21 heavy (non-hydrogen) atoms. The number of aromatic nitrogens is 2. The van der Waals surface area contributed by atoms with Crippen LogP contribution in [0, 0.1) is 11.7 Å². The lowest BCUT2D eigenvalue weighted by Gasteiger charge is -2.30. The lowest BCUT2D eigenvalue weighted by molar-refractivity contribution is 0.347. The fourth-order valence-corrected chi connectivity index (χ4v) is 3.37. The predicted octanol–water partition coefficient (Wildman–Crippen LogP) is 3.59. The van der Waals surface area contributed by atoms with Gasteiger partial charge in [-0.25, -0.2) is 4.39 Å². The lowest BCUT2D eigenvalue weighted by atomic mass is 9.82. The van der Waals surface area contributed by atoms with Crippen LogP contribution in [0.25, 0.3) is 11.3 Å². The maximum absolute atomic E-state index is 14.5. The minimum Gasteiger partial charge on any atom is -0.316 e. The van der Waals surface area contributed by atoms with Crippen molar-refractivity contribution in [2.24, 2.45) is 13.0 Å². The van der Waals surface area contributed by atoms with Crippen molar-refractivity contribution in [1.29, 1.82) is 0 Å². The maximum atomic E-state index is 14.5. The summed E-state index contributed by atoms with van der Waals surface area (Å²) in [5.41, 5.74) is 2.17. The molecule has 2 atom stereocenters. The first-order chi connectivity index (χ1) is 10.1. The van der Waals surface area contributed by atoms with Crippen LogP contribution in [0.5, 0.6) is 0 Å². The largest absolute Gasteiger partial charge is 0.316 e. The molecule has 1 N–H and O–H groups in total. The fraction of sp³-hybridized carbons (Fsp3) is 0.438. The Morgan fingerprint density at radius 2 is 2.24 bits per heavy atom. The molecule has 0 saturated carbocycles. The summed E-state index contributed by atoms with van der Waals surface area (Å²) in [6.07, 6.45) is 2.67. The van der Waals surface area contributed by atoms with Crippen LogP contribution in [-0.2, 0) is 7.05 Å². The maximum Gasteiger partial charge on any atom is 0.132 e. The van der Waals surface area contributed by atoms with Gasteiger partial charge >= 0.3 is 0 Å². The van der Waals surface area contributed by atoms with E-state index in [1.807, 2.05) is 12.1 Å². The molecule has 3 nitrogen and oxygen atoms in total. The Morgan fingerprint density at radius 1 is 1.43 bits per heavy atom. The van der Waals surface area contributed by atoms with Crippen molar-refractivity contribution in [1.82, 2.24) is 15.1 Å². The highest BCUT2D eigenvalue weighted by Gasteiger charge is 2.24. The zero-order valence-electron chi connectivity index (χ0n) is 12.2. The van der Waals surface area contributed by atoms with Gasteiger partial charge in [-0.3, -0.25) is 4.68 Å².